The van der Waals surface area contributed by atoms with Gasteiger partial charge in [0.2, 0.25) is 11.7 Å². The number of hydrogen-bond donors (Lipinski definition) is 3. The van der Waals surface area contributed by atoms with E-state index in [0.717, 1.165) is 6.42 Å². The molecule has 0 spiro atoms. The van der Waals surface area contributed by atoms with Crippen molar-refractivity contribution in [3.63, 3.8) is 0 Å². The van der Waals surface area contributed by atoms with Gasteiger partial charge in [0.1, 0.15) is 0 Å². The Balaban J connectivity index is 3.82. The predicted octanol–water partition coefficient (Wildman–Crippen LogP) is -0.762. The lowest BCUT2D eigenvalue weighted by atomic mass is 9.90. The van der Waals surface area contributed by atoms with Crippen LogP contribution in [-0.2, 0) is 4.79 Å². The van der Waals surface area contributed by atoms with E-state index in [0.29, 0.717) is 25.3 Å². The molecule has 0 unspecified atom stereocenters. The van der Waals surface area contributed by atoms with Crippen molar-refractivity contribution in [3.05, 3.63) is 0 Å². The van der Waals surface area contributed by atoms with Crippen LogP contribution < -0.4 is 16.0 Å². The number of amidine groups is 1. The van der Waals surface area contributed by atoms with Gasteiger partial charge >= 0.3 is 0 Å². The van der Waals surface area contributed by atoms with Gasteiger partial charge in [-0.3, -0.25) is 15.5 Å². The maximum absolute atomic E-state index is 11.4. The molecule has 0 heterocycles. The first kappa shape index (κ1) is 14.4. The summed E-state index contributed by atoms with van der Waals surface area (Å²) in [6, 6.07) is 2.16. The topological polar surface area (TPSA) is 92.9 Å². The van der Waals surface area contributed by atoms with Crippen LogP contribution in [0.3, 0.4) is 0 Å². The number of carbonyl (C=O) groups excluding carboxylic acids is 1. The van der Waals surface area contributed by atoms with E-state index in [-0.39, 0.29) is 5.91 Å². The lowest BCUT2D eigenvalue weighted by molar-refractivity contribution is -0.463. The van der Waals surface area contributed by atoms with Crippen LogP contribution in [0.25, 0.3) is 0 Å². The lowest BCUT2D eigenvalue weighted by Crippen LogP contribution is -2.79. The first-order valence-corrected chi connectivity index (χ1v) is 5.44. The highest BCUT2D eigenvalue weighted by atomic mass is 16.1. The van der Waals surface area contributed by atoms with Crippen LogP contribution in [0.5, 0.6) is 0 Å². The van der Waals surface area contributed by atoms with Crippen LogP contribution >= 0.6 is 0 Å². The average molecular weight is 225 g/mol. The Bertz CT molecular complexity index is 302. The Labute approximate surface area is 96.7 Å². The van der Waals surface area contributed by atoms with Crippen LogP contribution in [0.15, 0.2) is 0 Å². The van der Waals surface area contributed by atoms with Crippen LogP contribution in [-0.4, -0.2) is 18.4 Å². The second-order valence-corrected chi connectivity index (χ2v) is 4.33. The summed E-state index contributed by atoms with van der Waals surface area (Å²) in [4.78, 5) is 14.2. The summed E-state index contributed by atoms with van der Waals surface area (Å²) in [5, 5.41) is 11.5. The van der Waals surface area contributed by atoms with E-state index >= 15 is 0 Å². The fourth-order valence-corrected chi connectivity index (χ4v) is 0.952. The van der Waals surface area contributed by atoms with Gasteiger partial charge in [0.05, 0.1) is 11.5 Å². The molecular weight excluding hydrogens is 204 g/mol. The molecule has 0 saturated carbocycles. The fraction of sp³-hybridized carbons (Fsp3) is 0.727. The van der Waals surface area contributed by atoms with Crippen molar-refractivity contribution >= 4 is 11.7 Å². The Morgan fingerprint density at radius 3 is 2.69 bits per heavy atom. The van der Waals surface area contributed by atoms with Crippen LogP contribution in [0.4, 0.5) is 0 Å². The average Bonchev–Trinajstić information content (AvgIpc) is 2.26. The highest BCUT2D eigenvalue weighted by Crippen LogP contribution is 2.20. The van der Waals surface area contributed by atoms with E-state index in [2.05, 4.69) is 16.4 Å². The third-order valence-electron chi connectivity index (χ3n) is 2.26. The molecule has 0 saturated heterocycles. The molecule has 0 aliphatic carbocycles. The fourth-order valence-electron chi connectivity index (χ4n) is 0.952. The largest absolute Gasteiger partial charge is 0.320 e. The van der Waals surface area contributed by atoms with Gasteiger partial charge in [-0.2, -0.15) is 5.26 Å². The van der Waals surface area contributed by atoms with Gasteiger partial charge in [0.15, 0.2) is 6.67 Å². The second-order valence-electron chi connectivity index (χ2n) is 4.33. The molecule has 1 amide bonds. The number of nitrogens with two attached hydrogens (primary N) is 1. The minimum Gasteiger partial charge on any atom is -0.320 e. The molecule has 0 fully saturated rings. The monoisotopic (exact) mass is 225 g/mol. The maximum Gasteiger partial charge on any atom is 0.241 e. The molecule has 16 heavy (non-hydrogen) atoms. The number of rotatable bonds is 6. The zero-order valence-corrected chi connectivity index (χ0v) is 10.3. The summed E-state index contributed by atoms with van der Waals surface area (Å²) >= 11 is 0. The first-order chi connectivity index (χ1) is 7.41. The second kappa shape index (κ2) is 6.83. The van der Waals surface area contributed by atoms with Crippen molar-refractivity contribution in [2.24, 2.45) is 11.1 Å². The molecule has 0 aromatic heterocycles. The number of amides is 1. The van der Waals surface area contributed by atoms with Crippen molar-refractivity contribution in [3.8, 4) is 6.07 Å². The molecule has 0 rings (SSSR count). The van der Waals surface area contributed by atoms with Gasteiger partial charge in [-0.25, -0.2) is 0 Å². The van der Waals surface area contributed by atoms with Crippen molar-refractivity contribution in [2.45, 2.75) is 40.0 Å². The Kier molecular flexibility index (Phi) is 6.16. The Morgan fingerprint density at radius 1 is 1.56 bits per heavy atom. The summed E-state index contributed by atoms with van der Waals surface area (Å²) in [6.45, 7) is 5.91. The molecule has 0 aliphatic rings. The quantitative estimate of drug-likeness (QED) is 0.315. The summed E-state index contributed by atoms with van der Waals surface area (Å²) < 4.78 is 0. The van der Waals surface area contributed by atoms with Gasteiger partial charge in [-0.15, -0.1) is 0 Å². The van der Waals surface area contributed by atoms with E-state index in [1.165, 1.54) is 0 Å². The highest BCUT2D eigenvalue weighted by Gasteiger charge is 2.17. The third-order valence-corrected chi connectivity index (χ3v) is 2.26. The summed E-state index contributed by atoms with van der Waals surface area (Å²) in [6.07, 6.45) is 1.65. The highest BCUT2D eigenvalue weighted by molar-refractivity contribution is 5.76. The third kappa shape index (κ3) is 6.82. The van der Waals surface area contributed by atoms with E-state index in [1.54, 1.807) is 0 Å². The summed E-state index contributed by atoms with van der Waals surface area (Å²) in [7, 11) is 0. The van der Waals surface area contributed by atoms with Crippen molar-refractivity contribution in [2.75, 3.05) is 6.67 Å². The van der Waals surface area contributed by atoms with Gasteiger partial charge in [0.25, 0.3) is 0 Å². The van der Waals surface area contributed by atoms with Gasteiger partial charge in [-0.1, -0.05) is 6.92 Å². The van der Waals surface area contributed by atoms with Crippen molar-refractivity contribution < 1.29 is 9.79 Å². The van der Waals surface area contributed by atoms with Crippen LogP contribution in [0, 0.1) is 16.7 Å². The van der Waals surface area contributed by atoms with E-state index in [9.17, 15) is 4.79 Å². The summed E-state index contributed by atoms with van der Waals surface area (Å²) in [5.74, 6) is 0.581. The molecule has 0 bridgehead atoms. The smallest absolute Gasteiger partial charge is 0.241 e. The molecule has 5 nitrogen and oxygen atoms in total. The molecule has 0 aromatic rings. The number of nitriles is 1. The predicted molar refractivity (Wildman–Crippen MR) is 62.1 cm³/mol. The molecule has 4 N–H and O–H groups in total. The van der Waals surface area contributed by atoms with E-state index < -0.39 is 5.41 Å². The van der Waals surface area contributed by atoms with Crippen LogP contribution in [0.1, 0.15) is 40.0 Å². The minimum absolute atomic E-state index is 0.0697. The molecule has 0 aliphatic heterocycles. The van der Waals surface area contributed by atoms with Crippen molar-refractivity contribution in [1.29, 1.82) is 5.26 Å². The molecule has 5 heteroatoms. The maximum atomic E-state index is 11.4. The lowest BCUT2D eigenvalue weighted by Gasteiger charge is -2.13. The molecule has 90 valence electrons. The van der Waals surface area contributed by atoms with Gasteiger partial charge in [0, 0.05) is 12.8 Å². The summed E-state index contributed by atoms with van der Waals surface area (Å²) in [5.41, 5.74) is 5.09. The van der Waals surface area contributed by atoms with E-state index in [4.69, 9.17) is 11.0 Å². The van der Waals surface area contributed by atoms with Gasteiger partial charge < -0.3 is 5.32 Å². The Hall–Kier alpha value is -1.57. The molecule has 0 atom stereocenters. The molecule has 0 radical (unpaired) electrons. The number of nitrogens with zero attached hydrogens (tertiary/aromatic N) is 1. The number of nitrogens with one attached hydrogen (secondary N) is 2. The zero-order valence-electron chi connectivity index (χ0n) is 10.3. The van der Waals surface area contributed by atoms with Gasteiger partial charge in [-0.05, 0) is 20.3 Å². The van der Waals surface area contributed by atoms with Crippen molar-refractivity contribution in [1.82, 2.24) is 5.32 Å². The number of hydrogen-bond acceptors (Lipinski definition) is 2. The molecular formula is C11H21N4O+. The minimum atomic E-state index is -0.445. The standard InChI is InChI=1S/C11H20N4O/c1-4-9(13)14-8-15-10(16)5-6-11(2,3)7-12/h4-6,8H2,1-3H3,(H2,13,14)(H,15,16)/p+1. The molecule has 0 aromatic carbocycles. The van der Waals surface area contributed by atoms with Crippen LogP contribution in [0.2, 0.25) is 0 Å². The first-order valence-electron chi connectivity index (χ1n) is 5.44. The SMILES string of the molecule is CC/C(N)=[NH+]/CNC(=O)CCC(C)(C)C#N. The zero-order chi connectivity index (χ0) is 12.6. The Morgan fingerprint density at radius 2 is 2.19 bits per heavy atom. The normalized spacial score (nSPS) is 12.0. The number of carbonyl (C=O) groups is 1. The van der Waals surface area contributed by atoms with E-state index in [1.807, 2.05) is 20.8 Å².